The van der Waals surface area contributed by atoms with Crippen LogP contribution in [-0.4, -0.2) is 19.1 Å². The van der Waals surface area contributed by atoms with E-state index in [1.807, 2.05) is 18.2 Å². The van der Waals surface area contributed by atoms with Gasteiger partial charge in [0.2, 0.25) is 0 Å². The van der Waals surface area contributed by atoms with Crippen LogP contribution in [0, 0.1) is 11.8 Å². The largest absolute Gasteiger partial charge is 0.491 e. The van der Waals surface area contributed by atoms with Crippen molar-refractivity contribution in [3.8, 4) is 11.5 Å². The molecule has 0 saturated heterocycles. The third-order valence-corrected chi connectivity index (χ3v) is 3.54. The summed E-state index contributed by atoms with van der Waals surface area (Å²) in [6.07, 6.45) is 0. The average molecular weight is 356 g/mol. The molecule has 2 rings (SSSR count). The first-order chi connectivity index (χ1) is 12.4. The molecule has 0 spiro atoms. The SMILES string of the molecule is CC(C)COc1cc(NC(=O)c2ccccc2)c(OCC(C)C)cc1N. The van der Waals surface area contributed by atoms with E-state index in [4.69, 9.17) is 15.2 Å². The molecule has 0 fully saturated rings. The van der Waals surface area contributed by atoms with Gasteiger partial charge in [-0.1, -0.05) is 45.9 Å². The number of anilines is 2. The molecule has 0 aliphatic rings. The number of hydrogen-bond acceptors (Lipinski definition) is 4. The number of ether oxygens (including phenoxy) is 2. The zero-order valence-electron chi connectivity index (χ0n) is 15.9. The molecule has 5 nitrogen and oxygen atoms in total. The number of carbonyl (C=O) groups is 1. The van der Waals surface area contributed by atoms with Crippen molar-refractivity contribution in [1.82, 2.24) is 0 Å². The van der Waals surface area contributed by atoms with Crippen LogP contribution in [0.5, 0.6) is 11.5 Å². The van der Waals surface area contributed by atoms with Crippen LogP contribution < -0.4 is 20.5 Å². The molecule has 2 aromatic carbocycles. The van der Waals surface area contributed by atoms with Crippen LogP contribution in [0.25, 0.3) is 0 Å². The Morgan fingerprint density at radius 3 is 2.12 bits per heavy atom. The molecule has 0 aliphatic carbocycles. The Bertz CT molecular complexity index is 728. The van der Waals surface area contributed by atoms with Crippen molar-refractivity contribution >= 4 is 17.3 Å². The summed E-state index contributed by atoms with van der Waals surface area (Å²) >= 11 is 0. The molecule has 0 aliphatic heterocycles. The highest BCUT2D eigenvalue weighted by Crippen LogP contribution is 2.35. The lowest BCUT2D eigenvalue weighted by Gasteiger charge is -2.18. The highest BCUT2D eigenvalue weighted by atomic mass is 16.5. The first-order valence-electron chi connectivity index (χ1n) is 8.92. The summed E-state index contributed by atoms with van der Waals surface area (Å²) in [5, 5.41) is 2.91. The average Bonchev–Trinajstić information content (AvgIpc) is 2.60. The first kappa shape index (κ1) is 19.6. The normalized spacial score (nSPS) is 10.8. The molecule has 1 amide bonds. The van der Waals surface area contributed by atoms with Crippen molar-refractivity contribution in [2.45, 2.75) is 27.7 Å². The molecule has 26 heavy (non-hydrogen) atoms. The van der Waals surface area contributed by atoms with Crippen LogP contribution in [0.15, 0.2) is 42.5 Å². The predicted octanol–water partition coefficient (Wildman–Crippen LogP) is 4.59. The van der Waals surface area contributed by atoms with Gasteiger partial charge in [0, 0.05) is 17.7 Å². The summed E-state index contributed by atoms with van der Waals surface area (Å²) in [6, 6.07) is 12.5. The minimum absolute atomic E-state index is 0.209. The monoisotopic (exact) mass is 356 g/mol. The Morgan fingerprint density at radius 1 is 0.962 bits per heavy atom. The Morgan fingerprint density at radius 2 is 1.54 bits per heavy atom. The summed E-state index contributed by atoms with van der Waals surface area (Å²) in [6.45, 7) is 9.32. The van der Waals surface area contributed by atoms with E-state index in [1.54, 1.807) is 24.3 Å². The van der Waals surface area contributed by atoms with Crippen LogP contribution in [-0.2, 0) is 0 Å². The minimum atomic E-state index is -0.209. The number of amides is 1. The molecule has 2 aromatic rings. The van der Waals surface area contributed by atoms with Gasteiger partial charge in [0.15, 0.2) is 0 Å². The Kier molecular flexibility index (Phi) is 6.89. The van der Waals surface area contributed by atoms with Gasteiger partial charge in [-0.3, -0.25) is 4.79 Å². The van der Waals surface area contributed by atoms with Gasteiger partial charge in [0.1, 0.15) is 11.5 Å². The lowest BCUT2D eigenvalue weighted by Crippen LogP contribution is -2.15. The van der Waals surface area contributed by atoms with E-state index in [-0.39, 0.29) is 5.91 Å². The number of nitrogen functional groups attached to an aromatic ring is 1. The van der Waals surface area contributed by atoms with Crippen molar-refractivity contribution in [3.63, 3.8) is 0 Å². The van der Waals surface area contributed by atoms with Gasteiger partial charge in [-0.2, -0.15) is 0 Å². The quantitative estimate of drug-likeness (QED) is 0.679. The fraction of sp³-hybridized carbons (Fsp3) is 0.381. The van der Waals surface area contributed by atoms with Gasteiger partial charge in [0.05, 0.1) is 24.6 Å². The molecular weight excluding hydrogens is 328 g/mol. The molecule has 0 bridgehead atoms. The summed E-state index contributed by atoms with van der Waals surface area (Å²) in [4.78, 5) is 12.5. The number of carbonyl (C=O) groups excluding carboxylic acids is 1. The second-order valence-electron chi connectivity index (χ2n) is 7.12. The number of nitrogens with two attached hydrogens (primary N) is 1. The third kappa shape index (κ3) is 5.69. The van der Waals surface area contributed by atoms with Gasteiger partial charge >= 0.3 is 0 Å². The van der Waals surface area contributed by atoms with Crippen molar-refractivity contribution < 1.29 is 14.3 Å². The molecule has 0 aromatic heterocycles. The van der Waals surface area contributed by atoms with Crippen molar-refractivity contribution in [2.75, 3.05) is 24.3 Å². The molecule has 0 atom stereocenters. The van der Waals surface area contributed by atoms with Gasteiger partial charge in [-0.15, -0.1) is 0 Å². The Labute approximate surface area is 155 Å². The maximum absolute atomic E-state index is 12.5. The van der Waals surface area contributed by atoms with Crippen LogP contribution in [0.2, 0.25) is 0 Å². The molecule has 5 heteroatoms. The van der Waals surface area contributed by atoms with E-state index >= 15 is 0 Å². The first-order valence-corrected chi connectivity index (χ1v) is 8.92. The topological polar surface area (TPSA) is 73.6 Å². The third-order valence-electron chi connectivity index (χ3n) is 3.54. The van der Waals surface area contributed by atoms with E-state index < -0.39 is 0 Å². The second-order valence-corrected chi connectivity index (χ2v) is 7.12. The lowest BCUT2D eigenvalue weighted by atomic mass is 10.2. The predicted molar refractivity (Wildman–Crippen MR) is 106 cm³/mol. The van der Waals surface area contributed by atoms with Gasteiger partial charge in [0.25, 0.3) is 5.91 Å². The number of benzene rings is 2. The number of hydrogen-bond donors (Lipinski definition) is 2. The number of nitrogens with one attached hydrogen (secondary N) is 1. The second kappa shape index (κ2) is 9.13. The summed E-state index contributed by atoms with van der Waals surface area (Å²) in [7, 11) is 0. The van der Waals surface area contributed by atoms with Crippen molar-refractivity contribution in [1.29, 1.82) is 0 Å². The minimum Gasteiger partial charge on any atom is -0.491 e. The van der Waals surface area contributed by atoms with Crippen molar-refractivity contribution in [3.05, 3.63) is 48.0 Å². The van der Waals surface area contributed by atoms with Crippen LogP contribution in [0.4, 0.5) is 11.4 Å². The highest BCUT2D eigenvalue weighted by Gasteiger charge is 2.15. The molecule has 0 unspecified atom stereocenters. The van der Waals surface area contributed by atoms with Crippen molar-refractivity contribution in [2.24, 2.45) is 11.8 Å². The van der Waals surface area contributed by atoms with E-state index in [1.165, 1.54) is 0 Å². The van der Waals surface area contributed by atoms with Crippen LogP contribution in [0.1, 0.15) is 38.1 Å². The molecule has 0 heterocycles. The maximum Gasteiger partial charge on any atom is 0.255 e. The van der Waals surface area contributed by atoms with E-state index in [2.05, 4.69) is 33.0 Å². The molecular formula is C21H28N2O3. The Balaban J connectivity index is 2.28. The van der Waals surface area contributed by atoms with Gasteiger partial charge in [-0.25, -0.2) is 0 Å². The fourth-order valence-corrected chi connectivity index (χ4v) is 2.21. The molecule has 3 N–H and O–H groups in total. The summed E-state index contributed by atoms with van der Waals surface area (Å²) in [5.41, 5.74) is 7.72. The smallest absolute Gasteiger partial charge is 0.255 e. The van der Waals surface area contributed by atoms with E-state index in [0.717, 1.165) is 0 Å². The summed E-state index contributed by atoms with van der Waals surface area (Å²) < 4.78 is 11.6. The lowest BCUT2D eigenvalue weighted by molar-refractivity contribution is 0.102. The standard InChI is InChI=1S/C21H28N2O3/c1-14(2)12-25-19-11-18(20(10-17(19)22)26-13-15(3)4)23-21(24)16-8-6-5-7-9-16/h5-11,14-15H,12-13,22H2,1-4H3,(H,23,24). The highest BCUT2D eigenvalue weighted by molar-refractivity contribution is 6.05. The van der Waals surface area contributed by atoms with Gasteiger partial charge < -0.3 is 20.5 Å². The molecule has 0 radical (unpaired) electrons. The zero-order valence-corrected chi connectivity index (χ0v) is 15.9. The summed E-state index contributed by atoms with van der Waals surface area (Å²) in [5.74, 6) is 1.59. The van der Waals surface area contributed by atoms with E-state index in [9.17, 15) is 4.79 Å². The van der Waals surface area contributed by atoms with Gasteiger partial charge in [-0.05, 0) is 24.0 Å². The fourth-order valence-electron chi connectivity index (χ4n) is 2.21. The van der Waals surface area contributed by atoms with Crippen LogP contribution in [0.3, 0.4) is 0 Å². The molecule has 140 valence electrons. The van der Waals surface area contributed by atoms with E-state index in [0.29, 0.717) is 53.5 Å². The Hall–Kier alpha value is -2.69. The zero-order chi connectivity index (χ0) is 19.1. The number of rotatable bonds is 8. The molecule has 0 saturated carbocycles. The van der Waals surface area contributed by atoms with Crippen LogP contribution >= 0.6 is 0 Å². The maximum atomic E-state index is 12.5.